The molecule has 0 bridgehead atoms. The second-order valence-electron chi connectivity index (χ2n) is 6.78. The second-order valence-corrected chi connectivity index (χ2v) is 8.45. The van der Waals surface area contributed by atoms with Gasteiger partial charge >= 0.3 is 5.97 Å². The molecular weight excluding hydrogens is 505 g/mol. The van der Waals surface area contributed by atoms with Gasteiger partial charge in [-0.15, -0.1) is 0 Å². The van der Waals surface area contributed by atoms with Crippen LogP contribution in [0.15, 0.2) is 53.0 Å². The van der Waals surface area contributed by atoms with Gasteiger partial charge < -0.3 is 19.9 Å². The van der Waals surface area contributed by atoms with Crippen LogP contribution in [0.1, 0.15) is 27.0 Å². The quantitative estimate of drug-likeness (QED) is 0.333. The molecule has 0 aliphatic heterocycles. The highest BCUT2D eigenvalue weighted by Crippen LogP contribution is 2.37. The third kappa shape index (κ3) is 5.64. The van der Waals surface area contributed by atoms with E-state index in [0.717, 1.165) is 26.9 Å². The van der Waals surface area contributed by atoms with Gasteiger partial charge in [0.05, 0.1) is 22.7 Å². The van der Waals surface area contributed by atoms with E-state index in [2.05, 4.69) is 21.2 Å². The van der Waals surface area contributed by atoms with Gasteiger partial charge in [0.25, 0.3) is 0 Å². The van der Waals surface area contributed by atoms with Crippen LogP contribution in [0.2, 0.25) is 10.0 Å². The molecule has 3 rings (SSSR count). The maximum Gasteiger partial charge on any atom is 0.335 e. The number of methoxy groups -OCH3 is 1. The largest absolute Gasteiger partial charge is 0.493 e. The topological polar surface area (TPSA) is 67.8 Å². The lowest BCUT2D eigenvalue weighted by molar-refractivity contribution is 0.0697. The van der Waals surface area contributed by atoms with Gasteiger partial charge in [0.1, 0.15) is 6.61 Å². The number of aryl methyl sites for hydroxylation is 1. The van der Waals surface area contributed by atoms with Gasteiger partial charge in [0.2, 0.25) is 0 Å². The molecule has 2 N–H and O–H groups in total. The number of ether oxygens (including phenoxy) is 2. The number of benzene rings is 3. The summed E-state index contributed by atoms with van der Waals surface area (Å²) < 4.78 is 12.4. The van der Waals surface area contributed by atoms with Crippen molar-refractivity contribution in [1.29, 1.82) is 0 Å². The number of aromatic carboxylic acids is 1. The normalized spacial score (nSPS) is 10.6. The molecule has 0 atom stereocenters. The smallest absolute Gasteiger partial charge is 0.335 e. The third-order valence-electron chi connectivity index (χ3n) is 4.69. The maximum atomic E-state index is 11.3. The zero-order valence-electron chi connectivity index (χ0n) is 16.8. The van der Waals surface area contributed by atoms with Crippen LogP contribution >= 0.6 is 39.1 Å². The van der Waals surface area contributed by atoms with Crippen LogP contribution in [0.5, 0.6) is 11.5 Å². The molecule has 162 valence electrons. The lowest BCUT2D eigenvalue weighted by atomic mass is 10.1. The number of anilines is 1. The van der Waals surface area contributed by atoms with Crippen molar-refractivity contribution in [3.05, 3.63) is 85.3 Å². The summed E-state index contributed by atoms with van der Waals surface area (Å²) in [6.07, 6.45) is 0. The number of carboxylic acid groups (broad SMARTS) is 1. The Morgan fingerprint density at radius 3 is 2.55 bits per heavy atom. The highest BCUT2D eigenvalue weighted by Gasteiger charge is 2.16. The number of carboxylic acids is 1. The van der Waals surface area contributed by atoms with Crippen molar-refractivity contribution in [1.82, 2.24) is 0 Å². The van der Waals surface area contributed by atoms with E-state index in [1.807, 2.05) is 25.1 Å². The summed E-state index contributed by atoms with van der Waals surface area (Å²) in [6, 6.07) is 14.0. The second kappa shape index (κ2) is 10.3. The summed E-state index contributed by atoms with van der Waals surface area (Å²) in [6.45, 7) is 2.57. The number of hydrogen-bond acceptors (Lipinski definition) is 4. The molecule has 0 spiro atoms. The molecule has 0 aromatic heterocycles. The van der Waals surface area contributed by atoms with Gasteiger partial charge in [-0.3, -0.25) is 0 Å². The Morgan fingerprint density at radius 1 is 1.10 bits per heavy atom. The van der Waals surface area contributed by atoms with Gasteiger partial charge in [-0.2, -0.15) is 0 Å². The van der Waals surface area contributed by atoms with E-state index < -0.39 is 5.97 Å². The first kappa shape index (κ1) is 23.3. The number of nitrogens with one attached hydrogen (secondary N) is 1. The summed E-state index contributed by atoms with van der Waals surface area (Å²) in [5.74, 6) is 0.176. The Balaban J connectivity index is 1.87. The predicted octanol–water partition coefficient (Wildman–Crippen LogP) is 6.96. The minimum Gasteiger partial charge on any atom is -0.493 e. The van der Waals surface area contributed by atoms with Gasteiger partial charge in [-0.25, -0.2) is 4.79 Å². The highest BCUT2D eigenvalue weighted by atomic mass is 79.9. The lowest BCUT2D eigenvalue weighted by Crippen LogP contribution is -2.08. The molecule has 8 heteroatoms. The van der Waals surface area contributed by atoms with Gasteiger partial charge in [0.15, 0.2) is 11.5 Å². The number of hydrogen-bond donors (Lipinski definition) is 2. The van der Waals surface area contributed by atoms with E-state index >= 15 is 0 Å². The van der Waals surface area contributed by atoms with Gasteiger partial charge in [-0.1, -0.05) is 51.3 Å². The van der Waals surface area contributed by atoms with Crippen molar-refractivity contribution < 1.29 is 19.4 Å². The fourth-order valence-electron chi connectivity index (χ4n) is 2.98. The first-order valence-electron chi connectivity index (χ1n) is 9.30. The molecule has 0 unspecified atom stereocenters. The average molecular weight is 525 g/mol. The van der Waals surface area contributed by atoms with Crippen molar-refractivity contribution in [2.75, 3.05) is 12.4 Å². The minimum atomic E-state index is -0.976. The van der Waals surface area contributed by atoms with E-state index in [4.69, 9.17) is 32.7 Å². The molecule has 0 radical (unpaired) electrons. The molecule has 0 fully saturated rings. The molecule has 31 heavy (non-hydrogen) atoms. The van der Waals surface area contributed by atoms with Crippen molar-refractivity contribution in [2.45, 2.75) is 20.1 Å². The van der Waals surface area contributed by atoms with Crippen LogP contribution in [0.3, 0.4) is 0 Å². The number of rotatable bonds is 8. The first-order valence-corrected chi connectivity index (χ1v) is 10.8. The monoisotopic (exact) mass is 523 g/mol. The number of carbonyl (C=O) groups is 1. The lowest BCUT2D eigenvalue weighted by Gasteiger charge is -2.18. The molecule has 5 nitrogen and oxygen atoms in total. The molecule has 3 aromatic carbocycles. The summed E-state index contributed by atoms with van der Waals surface area (Å²) in [7, 11) is 1.58. The molecule has 0 aliphatic rings. The van der Waals surface area contributed by atoms with Crippen molar-refractivity contribution >= 4 is 50.8 Å². The van der Waals surface area contributed by atoms with Crippen LogP contribution < -0.4 is 14.8 Å². The van der Waals surface area contributed by atoms with E-state index in [1.165, 1.54) is 0 Å². The third-order valence-corrected chi connectivity index (χ3v) is 6.18. The van der Waals surface area contributed by atoms with Gasteiger partial charge in [0, 0.05) is 22.3 Å². The van der Waals surface area contributed by atoms with Crippen LogP contribution in [0.25, 0.3) is 0 Å². The zero-order valence-corrected chi connectivity index (χ0v) is 19.9. The molecule has 0 amide bonds. The molecule has 0 aliphatic carbocycles. The van der Waals surface area contributed by atoms with Crippen molar-refractivity contribution in [3.8, 4) is 11.5 Å². The number of halogens is 3. The van der Waals surface area contributed by atoms with Crippen molar-refractivity contribution in [2.24, 2.45) is 0 Å². The van der Waals surface area contributed by atoms with Crippen LogP contribution in [-0.4, -0.2) is 18.2 Å². The maximum absolute atomic E-state index is 11.3. The summed E-state index contributed by atoms with van der Waals surface area (Å²) in [5, 5.41) is 13.5. The summed E-state index contributed by atoms with van der Waals surface area (Å²) in [5.41, 5.74) is 3.57. The SMILES string of the molecule is COc1ccc(Br)c(CNc2cc(C(=O)O)ccc2C)c1OCc1ccc(Cl)c(Cl)c1. The Bertz CT molecular complexity index is 1120. The van der Waals surface area contributed by atoms with E-state index in [1.54, 1.807) is 37.4 Å². The van der Waals surface area contributed by atoms with Crippen molar-refractivity contribution in [3.63, 3.8) is 0 Å². The first-order chi connectivity index (χ1) is 14.8. The van der Waals surface area contributed by atoms with Crippen LogP contribution in [-0.2, 0) is 13.2 Å². The molecule has 0 saturated heterocycles. The zero-order chi connectivity index (χ0) is 22.5. The fraction of sp³-hybridized carbons (Fsp3) is 0.174. The Morgan fingerprint density at radius 2 is 1.87 bits per heavy atom. The van der Waals surface area contributed by atoms with E-state index in [9.17, 15) is 9.90 Å². The highest BCUT2D eigenvalue weighted by molar-refractivity contribution is 9.10. The molecule has 0 heterocycles. The van der Waals surface area contributed by atoms with Gasteiger partial charge in [-0.05, 0) is 54.4 Å². The van der Waals surface area contributed by atoms with E-state index in [0.29, 0.717) is 28.1 Å². The summed E-state index contributed by atoms with van der Waals surface area (Å²) in [4.78, 5) is 11.3. The molecule has 3 aromatic rings. The van der Waals surface area contributed by atoms with Crippen LogP contribution in [0.4, 0.5) is 5.69 Å². The Labute approximate surface area is 199 Å². The fourth-order valence-corrected chi connectivity index (χ4v) is 3.75. The predicted molar refractivity (Wildman–Crippen MR) is 127 cm³/mol. The van der Waals surface area contributed by atoms with E-state index in [-0.39, 0.29) is 12.2 Å². The Kier molecular flexibility index (Phi) is 7.70. The molecule has 0 saturated carbocycles. The molecular formula is C23H20BrCl2NO4. The standard InChI is InChI=1S/C23H20BrCl2NO4/c1-13-3-5-15(23(28)29)10-20(13)27-11-16-17(24)6-8-21(30-2)22(16)31-12-14-4-7-18(25)19(26)9-14/h3-10,27H,11-12H2,1-2H3,(H,28,29). The average Bonchev–Trinajstić information content (AvgIpc) is 2.74. The minimum absolute atomic E-state index is 0.217. The van der Waals surface area contributed by atoms with Crippen LogP contribution in [0, 0.1) is 6.92 Å². The summed E-state index contributed by atoms with van der Waals surface area (Å²) >= 11 is 15.7. The Hall–Kier alpha value is -2.41.